The highest BCUT2D eigenvalue weighted by Crippen LogP contribution is 2.27. The van der Waals surface area contributed by atoms with Gasteiger partial charge in [-0.15, -0.1) is 11.8 Å². The average Bonchev–Trinajstić information content (AvgIpc) is 2.74. The van der Waals surface area contributed by atoms with Crippen LogP contribution in [0.1, 0.15) is 10.4 Å². The lowest BCUT2D eigenvalue weighted by Gasteiger charge is -2.20. The molecular weight excluding hydrogens is 411 g/mol. The van der Waals surface area contributed by atoms with Gasteiger partial charge >= 0.3 is 0 Å². The number of amides is 1. The van der Waals surface area contributed by atoms with Crippen molar-refractivity contribution in [2.45, 2.75) is 9.79 Å². The van der Waals surface area contributed by atoms with E-state index in [1.807, 2.05) is 18.4 Å². The second kappa shape index (κ2) is 8.67. The van der Waals surface area contributed by atoms with Crippen LogP contribution in [0, 0.1) is 5.82 Å². The quantitative estimate of drug-likeness (QED) is 0.579. The van der Waals surface area contributed by atoms with E-state index in [0.717, 1.165) is 9.20 Å². The number of hydrogen-bond donors (Lipinski definition) is 1. The minimum absolute atomic E-state index is 0.0729. The van der Waals surface area contributed by atoms with Crippen molar-refractivity contribution in [2.75, 3.05) is 22.9 Å². The summed E-state index contributed by atoms with van der Waals surface area (Å²) in [4.78, 5) is 13.5. The molecular formula is C21H19FN2O3S2. The smallest absolute Gasteiger partial charge is 0.264 e. The molecule has 0 unspecified atom stereocenters. The van der Waals surface area contributed by atoms with Gasteiger partial charge < -0.3 is 5.32 Å². The van der Waals surface area contributed by atoms with E-state index in [1.54, 1.807) is 18.2 Å². The summed E-state index contributed by atoms with van der Waals surface area (Å²) in [6.45, 7) is 0. The Balaban J connectivity index is 1.90. The number of sulfonamides is 1. The Labute approximate surface area is 173 Å². The Morgan fingerprint density at radius 2 is 1.69 bits per heavy atom. The number of thioether (sulfide) groups is 1. The van der Waals surface area contributed by atoms with Gasteiger partial charge in [-0.3, -0.25) is 9.10 Å². The molecule has 3 aromatic carbocycles. The second-order valence-electron chi connectivity index (χ2n) is 6.11. The largest absolute Gasteiger partial charge is 0.321 e. The maximum atomic E-state index is 14.0. The number of nitrogens with zero attached hydrogens (tertiary/aromatic N) is 1. The number of nitrogens with one attached hydrogen (secondary N) is 1. The highest BCUT2D eigenvalue weighted by atomic mass is 32.2. The van der Waals surface area contributed by atoms with Crippen molar-refractivity contribution < 1.29 is 17.6 Å². The molecule has 8 heteroatoms. The summed E-state index contributed by atoms with van der Waals surface area (Å²) in [5.74, 6) is -1.08. The fourth-order valence-corrected chi connectivity index (χ4v) is 4.54. The molecule has 1 N–H and O–H groups in total. The average molecular weight is 431 g/mol. The number of para-hydroxylation sites is 2. The number of anilines is 2. The summed E-state index contributed by atoms with van der Waals surface area (Å²) in [5, 5.41) is 2.80. The van der Waals surface area contributed by atoms with Gasteiger partial charge in [0.05, 0.1) is 16.3 Å². The number of halogens is 1. The Kier molecular flexibility index (Phi) is 6.24. The number of benzene rings is 3. The molecule has 0 aromatic heterocycles. The van der Waals surface area contributed by atoms with Gasteiger partial charge in [0.2, 0.25) is 0 Å². The molecule has 0 saturated carbocycles. The zero-order chi connectivity index (χ0) is 21.0. The lowest BCUT2D eigenvalue weighted by atomic mass is 10.2. The molecule has 150 valence electrons. The van der Waals surface area contributed by atoms with Crippen molar-refractivity contribution in [1.29, 1.82) is 0 Å². The Morgan fingerprint density at radius 1 is 1.00 bits per heavy atom. The predicted octanol–water partition coefficient (Wildman–Crippen LogP) is 4.63. The summed E-state index contributed by atoms with van der Waals surface area (Å²) in [5.41, 5.74) is 0.752. The first kappa shape index (κ1) is 20.9. The summed E-state index contributed by atoms with van der Waals surface area (Å²) < 4.78 is 40.8. The van der Waals surface area contributed by atoms with Gasteiger partial charge in [-0.05, 0) is 48.7 Å². The topological polar surface area (TPSA) is 66.5 Å². The van der Waals surface area contributed by atoms with Crippen LogP contribution in [-0.2, 0) is 10.0 Å². The van der Waals surface area contributed by atoms with E-state index in [9.17, 15) is 17.6 Å². The first-order valence-corrected chi connectivity index (χ1v) is 11.3. The maximum absolute atomic E-state index is 14.0. The molecule has 5 nitrogen and oxygen atoms in total. The van der Waals surface area contributed by atoms with Crippen LogP contribution in [0.15, 0.2) is 82.6 Å². The first-order valence-electron chi connectivity index (χ1n) is 8.62. The highest BCUT2D eigenvalue weighted by molar-refractivity contribution is 7.98. The maximum Gasteiger partial charge on any atom is 0.264 e. The molecule has 3 aromatic rings. The van der Waals surface area contributed by atoms with Crippen LogP contribution in [0.2, 0.25) is 0 Å². The molecule has 0 aliphatic rings. The number of rotatable bonds is 6. The molecule has 0 radical (unpaired) electrons. The van der Waals surface area contributed by atoms with Crippen molar-refractivity contribution in [1.82, 2.24) is 0 Å². The zero-order valence-corrected chi connectivity index (χ0v) is 17.4. The van der Waals surface area contributed by atoms with Crippen molar-refractivity contribution in [2.24, 2.45) is 0 Å². The summed E-state index contributed by atoms with van der Waals surface area (Å²) in [7, 11) is -2.77. The van der Waals surface area contributed by atoms with Crippen LogP contribution in [0.5, 0.6) is 0 Å². The Bertz CT molecular complexity index is 1150. The fraction of sp³-hybridized carbons (Fsp3) is 0.0952. The summed E-state index contributed by atoms with van der Waals surface area (Å²) in [6.07, 6.45) is 1.90. The van der Waals surface area contributed by atoms with Gasteiger partial charge in [0.1, 0.15) is 5.82 Å². The van der Waals surface area contributed by atoms with E-state index >= 15 is 0 Å². The summed E-state index contributed by atoms with van der Waals surface area (Å²) in [6, 6.07) is 18.6. The minimum Gasteiger partial charge on any atom is -0.321 e. The standard InChI is InChI=1S/C21H19FN2O3S2/c1-24(19-12-5-3-10-17(19)22)29(26,27)16-9-7-8-15(14-16)21(25)23-18-11-4-6-13-20(18)28-2/h3-14H,1-2H3,(H,23,25). The van der Waals surface area contributed by atoms with Gasteiger partial charge in [0, 0.05) is 17.5 Å². The van der Waals surface area contributed by atoms with Crippen molar-refractivity contribution in [3.63, 3.8) is 0 Å². The number of carbonyl (C=O) groups excluding carboxylic acids is 1. The lowest BCUT2D eigenvalue weighted by Crippen LogP contribution is -2.27. The number of hydrogen-bond acceptors (Lipinski definition) is 4. The molecule has 0 aliphatic heterocycles. The summed E-state index contributed by atoms with van der Waals surface area (Å²) >= 11 is 1.49. The van der Waals surface area contributed by atoms with Crippen LogP contribution >= 0.6 is 11.8 Å². The van der Waals surface area contributed by atoms with Gasteiger partial charge in [0.25, 0.3) is 15.9 Å². The first-order chi connectivity index (χ1) is 13.8. The second-order valence-corrected chi connectivity index (χ2v) is 8.92. The van der Waals surface area contributed by atoms with Crippen LogP contribution < -0.4 is 9.62 Å². The lowest BCUT2D eigenvalue weighted by molar-refractivity contribution is 0.102. The van der Waals surface area contributed by atoms with Crippen molar-refractivity contribution in [3.05, 3.63) is 84.2 Å². The Morgan fingerprint density at radius 3 is 2.41 bits per heavy atom. The van der Waals surface area contributed by atoms with E-state index < -0.39 is 21.7 Å². The van der Waals surface area contributed by atoms with Gasteiger partial charge in [0.15, 0.2) is 0 Å². The molecule has 3 rings (SSSR count). The normalized spacial score (nSPS) is 11.1. The third-order valence-corrected chi connectivity index (χ3v) is 6.86. The zero-order valence-electron chi connectivity index (χ0n) is 15.8. The van der Waals surface area contributed by atoms with Crippen molar-refractivity contribution in [3.8, 4) is 0 Å². The van der Waals surface area contributed by atoms with Gasteiger partial charge in [-0.1, -0.05) is 30.3 Å². The molecule has 0 fully saturated rings. The molecule has 1 amide bonds. The molecule has 0 bridgehead atoms. The monoisotopic (exact) mass is 430 g/mol. The number of carbonyl (C=O) groups is 1. The van der Waals surface area contributed by atoms with E-state index in [1.165, 1.54) is 61.3 Å². The third kappa shape index (κ3) is 4.44. The van der Waals surface area contributed by atoms with Crippen molar-refractivity contribution >= 4 is 39.1 Å². The van der Waals surface area contributed by atoms with E-state index in [-0.39, 0.29) is 16.1 Å². The molecule has 0 spiro atoms. The van der Waals surface area contributed by atoms with E-state index in [2.05, 4.69) is 5.32 Å². The van der Waals surface area contributed by atoms with Crippen LogP contribution in [0.25, 0.3) is 0 Å². The fourth-order valence-electron chi connectivity index (χ4n) is 2.73. The molecule has 0 atom stereocenters. The van der Waals surface area contributed by atoms with Crippen LogP contribution in [0.4, 0.5) is 15.8 Å². The minimum atomic E-state index is -4.05. The molecule has 0 aliphatic carbocycles. The third-order valence-electron chi connectivity index (χ3n) is 4.30. The van der Waals surface area contributed by atoms with Gasteiger partial charge in [-0.25, -0.2) is 12.8 Å². The van der Waals surface area contributed by atoms with E-state index in [0.29, 0.717) is 5.69 Å². The Hall–Kier alpha value is -2.84. The molecule has 29 heavy (non-hydrogen) atoms. The molecule has 0 saturated heterocycles. The predicted molar refractivity (Wildman–Crippen MR) is 115 cm³/mol. The SMILES string of the molecule is CSc1ccccc1NC(=O)c1cccc(S(=O)(=O)N(C)c2ccccc2F)c1. The highest BCUT2D eigenvalue weighted by Gasteiger charge is 2.24. The van der Waals surface area contributed by atoms with E-state index in [4.69, 9.17) is 0 Å². The van der Waals surface area contributed by atoms with Crippen LogP contribution in [0.3, 0.4) is 0 Å². The van der Waals surface area contributed by atoms with Gasteiger partial charge in [-0.2, -0.15) is 0 Å². The molecule has 0 heterocycles. The van der Waals surface area contributed by atoms with Crippen LogP contribution in [-0.4, -0.2) is 27.6 Å².